The molecule has 7 nitrogen and oxygen atoms in total. The zero-order chi connectivity index (χ0) is 20.3. The summed E-state index contributed by atoms with van der Waals surface area (Å²) in [5.74, 6) is -3.51. The van der Waals surface area contributed by atoms with Crippen molar-refractivity contribution in [2.45, 2.75) is 4.90 Å². The molecule has 0 aliphatic heterocycles. The van der Waals surface area contributed by atoms with Crippen molar-refractivity contribution in [2.75, 3.05) is 4.72 Å². The van der Waals surface area contributed by atoms with E-state index in [9.17, 15) is 23.1 Å². The summed E-state index contributed by atoms with van der Waals surface area (Å²) in [5.41, 5.74) is 0.146. The van der Waals surface area contributed by atoms with E-state index < -0.39 is 27.5 Å². The first-order valence-electron chi connectivity index (χ1n) is 8.07. The zero-order valence-corrected chi connectivity index (χ0v) is 15.2. The van der Waals surface area contributed by atoms with Crippen LogP contribution in [0.1, 0.15) is 10.4 Å². The van der Waals surface area contributed by atoms with Gasteiger partial charge in [-0.2, -0.15) is 0 Å². The van der Waals surface area contributed by atoms with E-state index in [1.807, 2.05) is 0 Å². The molecule has 0 heterocycles. The first-order valence-corrected chi connectivity index (χ1v) is 9.55. The number of carboxylic acid groups (broad SMARTS) is 1. The number of allylic oxidation sites excluding steroid dienone is 1. The Bertz CT molecular complexity index is 1210. The molecule has 0 saturated carbocycles. The predicted octanol–water partition coefficient (Wildman–Crippen LogP) is 3.35. The highest BCUT2D eigenvalue weighted by Crippen LogP contribution is 2.25. The van der Waals surface area contributed by atoms with Crippen LogP contribution in [0.25, 0.3) is 10.8 Å². The summed E-state index contributed by atoms with van der Waals surface area (Å²) in [6.45, 7) is 0. The van der Waals surface area contributed by atoms with Gasteiger partial charge in [-0.1, -0.05) is 48.5 Å². The maximum atomic E-state index is 12.8. The van der Waals surface area contributed by atoms with Crippen molar-refractivity contribution < 1.29 is 28.2 Å². The van der Waals surface area contributed by atoms with Gasteiger partial charge in [0.2, 0.25) is 5.76 Å². The van der Waals surface area contributed by atoms with Crippen LogP contribution in [0, 0.1) is 0 Å². The molecule has 28 heavy (non-hydrogen) atoms. The molecule has 8 heteroatoms. The molecule has 0 aliphatic rings. The largest absolute Gasteiger partial charge is 0.502 e. The second-order valence-corrected chi connectivity index (χ2v) is 7.51. The third kappa shape index (κ3) is 4.02. The van der Waals surface area contributed by atoms with Gasteiger partial charge in [0.05, 0.1) is 4.90 Å². The Labute approximate surface area is 160 Å². The Morgan fingerprint density at radius 2 is 1.57 bits per heavy atom. The second kappa shape index (κ2) is 7.53. The number of sulfonamides is 1. The Balaban J connectivity index is 1.94. The highest BCUT2D eigenvalue weighted by molar-refractivity contribution is 7.93. The number of carbonyl (C=O) groups excluding carboxylic acids is 1. The number of carbonyl (C=O) groups is 2. The number of aliphatic hydroxyl groups is 1. The van der Waals surface area contributed by atoms with Crippen molar-refractivity contribution in [3.8, 4) is 0 Å². The number of carboxylic acids is 1. The van der Waals surface area contributed by atoms with Crippen LogP contribution in [-0.2, 0) is 14.8 Å². The van der Waals surface area contributed by atoms with Crippen LogP contribution in [0.2, 0.25) is 0 Å². The molecule has 0 unspecified atom stereocenters. The van der Waals surface area contributed by atoms with E-state index in [2.05, 4.69) is 4.72 Å². The molecule has 0 fully saturated rings. The van der Waals surface area contributed by atoms with Gasteiger partial charge in [-0.25, -0.2) is 13.2 Å². The van der Waals surface area contributed by atoms with Crippen molar-refractivity contribution >= 4 is 38.2 Å². The number of aliphatic carboxylic acids is 1. The minimum atomic E-state index is -3.94. The molecule has 0 saturated heterocycles. The summed E-state index contributed by atoms with van der Waals surface area (Å²) in [6, 6.07) is 17.5. The highest BCUT2D eigenvalue weighted by atomic mass is 32.2. The standard InChI is InChI=1S/C20H15NO6S/c22-17(12-18(23)20(24)25)14-7-3-8-15(11-14)21-28(26,27)19-10-4-6-13-5-1-2-9-16(13)19/h1-12,21,23H,(H,24,25)/b18-12+. The minimum Gasteiger partial charge on any atom is -0.502 e. The molecule has 0 amide bonds. The van der Waals surface area contributed by atoms with Gasteiger partial charge in [-0.05, 0) is 23.6 Å². The van der Waals surface area contributed by atoms with E-state index in [-0.39, 0.29) is 16.1 Å². The summed E-state index contributed by atoms with van der Waals surface area (Å²) in [7, 11) is -3.94. The number of ketones is 1. The number of anilines is 1. The maximum Gasteiger partial charge on any atom is 0.371 e. The fourth-order valence-corrected chi connectivity index (χ4v) is 3.93. The van der Waals surface area contributed by atoms with Gasteiger partial charge in [0.1, 0.15) is 0 Å². The molecular formula is C20H15NO6S. The quantitative estimate of drug-likeness (QED) is 0.333. The number of rotatable bonds is 6. The first kappa shape index (κ1) is 19.1. The SMILES string of the molecule is O=C(O)/C(O)=C\C(=O)c1cccc(NS(=O)(=O)c2cccc3ccccc23)c1. The number of benzene rings is 3. The van der Waals surface area contributed by atoms with Crippen molar-refractivity contribution in [1.82, 2.24) is 0 Å². The summed E-state index contributed by atoms with van der Waals surface area (Å²) in [6.07, 6.45) is 0.556. The Kier molecular flexibility index (Phi) is 5.14. The van der Waals surface area contributed by atoms with Crippen molar-refractivity contribution in [2.24, 2.45) is 0 Å². The Morgan fingerprint density at radius 3 is 2.32 bits per heavy atom. The normalized spacial score (nSPS) is 11.9. The van der Waals surface area contributed by atoms with E-state index in [1.54, 1.807) is 36.4 Å². The average molecular weight is 397 g/mol. The molecule has 0 spiro atoms. The Morgan fingerprint density at radius 1 is 0.893 bits per heavy atom. The third-order valence-electron chi connectivity index (χ3n) is 3.93. The number of hydrogen-bond acceptors (Lipinski definition) is 5. The van der Waals surface area contributed by atoms with Gasteiger partial charge in [0, 0.05) is 22.7 Å². The molecule has 0 radical (unpaired) electrons. The minimum absolute atomic E-state index is 0.0194. The lowest BCUT2D eigenvalue weighted by atomic mass is 10.1. The second-order valence-electron chi connectivity index (χ2n) is 5.86. The first-order chi connectivity index (χ1) is 13.3. The van der Waals surface area contributed by atoms with Gasteiger partial charge in [-0.3, -0.25) is 9.52 Å². The molecule has 3 aromatic carbocycles. The summed E-state index contributed by atoms with van der Waals surface area (Å²) in [4.78, 5) is 22.8. The monoisotopic (exact) mass is 397 g/mol. The lowest BCUT2D eigenvalue weighted by molar-refractivity contribution is -0.135. The van der Waals surface area contributed by atoms with Crippen molar-refractivity contribution in [3.05, 3.63) is 84.1 Å². The summed E-state index contributed by atoms with van der Waals surface area (Å²) >= 11 is 0. The van der Waals surface area contributed by atoms with Gasteiger partial charge in [-0.15, -0.1) is 0 Å². The van der Waals surface area contributed by atoms with E-state index in [4.69, 9.17) is 5.11 Å². The Hall–Kier alpha value is -3.65. The predicted molar refractivity (Wildman–Crippen MR) is 104 cm³/mol. The molecule has 3 rings (SSSR count). The fraction of sp³-hybridized carbons (Fsp3) is 0. The number of fused-ring (bicyclic) bond motifs is 1. The van der Waals surface area contributed by atoms with E-state index in [0.29, 0.717) is 11.5 Å². The topological polar surface area (TPSA) is 121 Å². The van der Waals surface area contributed by atoms with Gasteiger partial charge < -0.3 is 10.2 Å². The van der Waals surface area contributed by atoms with E-state index in [1.165, 1.54) is 30.3 Å². The van der Waals surface area contributed by atoms with Crippen LogP contribution < -0.4 is 4.72 Å². The summed E-state index contributed by atoms with van der Waals surface area (Å²) < 4.78 is 28.1. The molecule has 0 atom stereocenters. The molecular weight excluding hydrogens is 382 g/mol. The third-order valence-corrected chi connectivity index (χ3v) is 5.36. The van der Waals surface area contributed by atoms with Crippen LogP contribution in [0.15, 0.2) is 83.5 Å². The smallest absolute Gasteiger partial charge is 0.371 e. The summed E-state index contributed by atoms with van der Waals surface area (Å²) in [5, 5.41) is 19.1. The molecule has 142 valence electrons. The van der Waals surface area contributed by atoms with Crippen molar-refractivity contribution in [3.63, 3.8) is 0 Å². The van der Waals surface area contributed by atoms with E-state index >= 15 is 0 Å². The fourth-order valence-electron chi connectivity index (χ4n) is 2.65. The van der Waals surface area contributed by atoms with Gasteiger partial charge >= 0.3 is 5.97 Å². The maximum absolute atomic E-state index is 12.8. The van der Waals surface area contributed by atoms with Crippen LogP contribution >= 0.6 is 0 Å². The number of hydrogen-bond donors (Lipinski definition) is 3. The van der Waals surface area contributed by atoms with Crippen molar-refractivity contribution in [1.29, 1.82) is 0 Å². The molecule has 0 aromatic heterocycles. The molecule has 0 bridgehead atoms. The van der Waals surface area contributed by atoms with Crippen LogP contribution in [-0.4, -0.2) is 30.4 Å². The lowest BCUT2D eigenvalue weighted by Gasteiger charge is -2.11. The number of nitrogens with one attached hydrogen (secondary N) is 1. The molecule has 3 aromatic rings. The molecule has 0 aliphatic carbocycles. The van der Waals surface area contributed by atoms with E-state index in [0.717, 1.165) is 5.39 Å². The van der Waals surface area contributed by atoms with Gasteiger partial charge in [0.25, 0.3) is 10.0 Å². The van der Waals surface area contributed by atoms with Crippen LogP contribution in [0.3, 0.4) is 0 Å². The average Bonchev–Trinajstić information content (AvgIpc) is 2.67. The molecule has 3 N–H and O–H groups in total. The highest BCUT2D eigenvalue weighted by Gasteiger charge is 2.18. The van der Waals surface area contributed by atoms with Gasteiger partial charge in [0.15, 0.2) is 5.78 Å². The van der Waals surface area contributed by atoms with Crippen LogP contribution in [0.5, 0.6) is 0 Å². The lowest BCUT2D eigenvalue weighted by Crippen LogP contribution is -2.14. The van der Waals surface area contributed by atoms with Crippen LogP contribution in [0.4, 0.5) is 5.69 Å². The number of aliphatic hydroxyl groups excluding tert-OH is 1. The zero-order valence-electron chi connectivity index (χ0n) is 14.4.